The number of benzene rings is 1. The van der Waals surface area contributed by atoms with E-state index in [2.05, 4.69) is 6.92 Å². The molecule has 0 amide bonds. The van der Waals surface area contributed by atoms with E-state index in [4.69, 9.17) is 5.11 Å². The lowest BCUT2D eigenvalue weighted by atomic mass is 10.2. The van der Waals surface area contributed by atoms with E-state index in [1.54, 1.807) is 12.2 Å². The van der Waals surface area contributed by atoms with Gasteiger partial charge in [0.25, 0.3) is 0 Å². The Morgan fingerprint density at radius 3 is 2.58 bits per heavy atom. The monoisotopic (exact) mass is 278 g/mol. The summed E-state index contributed by atoms with van der Waals surface area (Å²) in [5.41, 5.74) is 1.16. The molecule has 1 aromatic carbocycles. The topological polar surface area (TPSA) is 37.3 Å². The third kappa shape index (κ3) is 5.53. The van der Waals surface area contributed by atoms with Crippen LogP contribution in [0.3, 0.4) is 0 Å². The molecule has 0 spiro atoms. The molecule has 1 aromatic rings. The summed E-state index contributed by atoms with van der Waals surface area (Å²) in [5, 5.41) is 8.86. The summed E-state index contributed by atoms with van der Waals surface area (Å²) in [7, 11) is -1.17. The molecule has 3 heteroatoms. The summed E-state index contributed by atoms with van der Waals surface area (Å²) < 4.78 is 12.5. The Kier molecular flexibility index (Phi) is 7.38. The lowest BCUT2D eigenvalue weighted by Crippen LogP contribution is -1.95. The maximum atomic E-state index is 12.5. The van der Waals surface area contributed by atoms with Gasteiger partial charge in [0.1, 0.15) is 0 Å². The third-order valence-electron chi connectivity index (χ3n) is 2.74. The van der Waals surface area contributed by atoms with Crippen LogP contribution in [0.4, 0.5) is 0 Å². The van der Waals surface area contributed by atoms with Gasteiger partial charge in [-0.15, -0.1) is 0 Å². The van der Waals surface area contributed by atoms with Gasteiger partial charge in [-0.2, -0.15) is 0 Å². The molecule has 0 saturated heterocycles. The summed E-state index contributed by atoms with van der Waals surface area (Å²) in [6.45, 7) is 4.11. The second-order valence-corrected chi connectivity index (χ2v) is 5.90. The average Bonchev–Trinajstić information content (AvgIpc) is 2.43. The zero-order valence-corrected chi connectivity index (χ0v) is 12.5. The van der Waals surface area contributed by atoms with Crippen LogP contribution < -0.4 is 0 Å². The molecule has 2 nitrogen and oxygen atoms in total. The Morgan fingerprint density at radius 2 is 2.00 bits per heavy atom. The molecule has 1 N–H and O–H groups in total. The van der Waals surface area contributed by atoms with Crippen LogP contribution in [-0.4, -0.2) is 15.9 Å². The molecule has 1 rings (SSSR count). The number of hydrogen-bond acceptors (Lipinski definition) is 2. The molecule has 0 aliphatic rings. The summed E-state index contributed by atoms with van der Waals surface area (Å²) in [6.07, 6.45) is 8.51. The average molecular weight is 278 g/mol. The molecule has 0 aromatic heterocycles. The first kappa shape index (κ1) is 15.9. The Morgan fingerprint density at radius 1 is 1.32 bits per heavy atom. The lowest BCUT2D eigenvalue weighted by molar-refractivity contribution is 0.342. The molecule has 0 aliphatic carbocycles. The normalized spacial score (nSPS) is 13.9. The molecule has 0 saturated carbocycles. The van der Waals surface area contributed by atoms with Crippen LogP contribution in [0.1, 0.15) is 31.7 Å². The van der Waals surface area contributed by atoms with Crippen LogP contribution in [0, 0.1) is 6.92 Å². The minimum absolute atomic E-state index is 0.0315. The largest absolute Gasteiger partial charge is 0.392 e. The number of rotatable bonds is 7. The molecule has 0 aliphatic heterocycles. The second kappa shape index (κ2) is 8.83. The number of unbranched alkanes of at least 4 members (excludes halogenated alkanes) is 2. The van der Waals surface area contributed by atoms with Crippen molar-refractivity contribution in [3.63, 3.8) is 0 Å². The van der Waals surface area contributed by atoms with E-state index in [1.807, 2.05) is 37.3 Å². The fraction of sp³-hybridized carbons (Fsp3) is 0.375. The molecule has 0 unspecified atom stereocenters. The third-order valence-corrected chi connectivity index (χ3v) is 4.17. The van der Waals surface area contributed by atoms with E-state index in [1.165, 1.54) is 0 Å². The summed E-state index contributed by atoms with van der Waals surface area (Å²) >= 11 is 0. The Labute approximate surface area is 118 Å². The van der Waals surface area contributed by atoms with Crippen molar-refractivity contribution in [2.45, 2.75) is 38.0 Å². The highest BCUT2D eigenvalue weighted by molar-refractivity contribution is 7.89. The van der Waals surface area contributed by atoms with E-state index in [-0.39, 0.29) is 6.61 Å². The summed E-state index contributed by atoms with van der Waals surface area (Å²) in [5.74, 6) is 0. The highest BCUT2D eigenvalue weighted by Crippen LogP contribution is 2.17. The zero-order chi connectivity index (χ0) is 14.1. The van der Waals surface area contributed by atoms with Crippen LogP contribution >= 0.6 is 0 Å². The number of hydrogen-bond donors (Lipinski definition) is 1. The first-order chi connectivity index (χ1) is 9.19. The smallest absolute Gasteiger partial charge is 0.0846 e. The quantitative estimate of drug-likeness (QED) is 0.609. The molecular weight excluding hydrogens is 256 g/mol. The van der Waals surface area contributed by atoms with Gasteiger partial charge in [-0.05, 0) is 31.6 Å². The lowest BCUT2D eigenvalue weighted by Gasteiger charge is -2.04. The van der Waals surface area contributed by atoms with Crippen molar-refractivity contribution in [1.29, 1.82) is 0 Å². The predicted octanol–water partition coefficient (Wildman–Crippen LogP) is 3.73. The van der Waals surface area contributed by atoms with E-state index < -0.39 is 10.8 Å². The van der Waals surface area contributed by atoms with E-state index in [0.29, 0.717) is 0 Å². The molecule has 0 heterocycles. The van der Waals surface area contributed by atoms with Crippen LogP contribution in [0.15, 0.2) is 52.3 Å². The van der Waals surface area contributed by atoms with Crippen molar-refractivity contribution in [1.82, 2.24) is 0 Å². The summed E-state index contributed by atoms with van der Waals surface area (Å²) in [6, 6.07) is 7.72. The number of aliphatic hydroxyl groups is 1. The van der Waals surface area contributed by atoms with Crippen molar-refractivity contribution in [2.75, 3.05) is 6.61 Å². The summed E-state index contributed by atoms with van der Waals surface area (Å²) in [4.78, 5) is 1.57. The SMILES string of the molecule is CCCC/C=C(/C=C\CO)[S@@](=O)c1ccc(C)cc1. The molecule has 104 valence electrons. The highest BCUT2D eigenvalue weighted by atomic mass is 32.2. The fourth-order valence-electron chi connectivity index (χ4n) is 1.62. The van der Waals surface area contributed by atoms with Gasteiger partial charge in [0.15, 0.2) is 0 Å². The number of aryl methyl sites for hydroxylation is 1. The molecule has 0 fully saturated rings. The Balaban J connectivity index is 2.90. The van der Waals surface area contributed by atoms with Gasteiger partial charge >= 0.3 is 0 Å². The second-order valence-electron chi connectivity index (χ2n) is 4.42. The first-order valence-corrected chi connectivity index (χ1v) is 7.80. The Hall–Kier alpha value is -1.19. The van der Waals surface area contributed by atoms with Crippen LogP contribution in [-0.2, 0) is 10.8 Å². The maximum Gasteiger partial charge on any atom is 0.0846 e. The minimum atomic E-state index is -1.17. The van der Waals surface area contributed by atoms with Gasteiger partial charge in [-0.3, -0.25) is 0 Å². The van der Waals surface area contributed by atoms with Gasteiger partial charge in [0.2, 0.25) is 0 Å². The van der Waals surface area contributed by atoms with Crippen molar-refractivity contribution in [3.8, 4) is 0 Å². The maximum absolute atomic E-state index is 12.5. The molecule has 1 atom stereocenters. The number of aliphatic hydroxyl groups excluding tert-OH is 1. The van der Waals surface area contributed by atoms with Crippen molar-refractivity contribution < 1.29 is 9.32 Å². The van der Waals surface area contributed by atoms with Crippen molar-refractivity contribution >= 4 is 10.8 Å². The molecule has 0 bridgehead atoms. The van der Waals surface area contributed by atoms with Crippen LogP contribution in [0.2, 0.25) is 0 Å². The highest BCUT2D eigenvalue weighted by Gasteiger charge is 2.07. The molecule has 0 radical (unpaired) electrons. The zero-order valence-electron chi connectivity index (χ0n) is 11.6. The van der Waals surface area contributed by atoms with Crippen LogP contribution in [0.25, 0.3) is 0 Å². The van der Waals surface area contributed by atoms with E-state index in [9.17, 15) is 4.21 Å². The standard InChI is InChI=1S/C16H22O2S/c1-3-4-5-7-15(8-6-13-17)19(18)16-11-9-14(2)10-12-16/h6-12,17H,3-5,13H2,1-2H3/b8-6-,15-7-/t19-/m1/s1. The van der Waals surface area contributed by atoms with Gasteiger partial charge in [-0.1, -0.05) is 49.6 Å². The van der Waals surface area contributed by atoms with Gasteiger partial charge < -0.3 is 5.11 Å². The van der Waals surface area contributed by atoms with E-state index >= 15 is 0 Å². The molecular formula is C16H22O2S. The number of allylic oxidation sites excluding steroid dienone is 2. The first-order valence-electron chi connectivity index (χ1n) is 6.65. The van der Waals surface area contributed by atoms with E-state index in [0.717, 1.165) is 34.6 Å². The van der Waals surface area contributed by atoms with Gasteiger partial charge in [0, 0.05) is 9.80 Å². The van der Waals surface area contributed by atoms with Gasteiger partial charge in [0.05, 0.1) is 17.4 Å². The van der Waals surface area contributed by atoms with Crippen molar-refractivity contribution in [3.05, 3.63) is 53.0 Å². The predicted molar refractivity (Wildman–Crippen MR) is 81.4 cm³/mol. The van der Waals surface area contributed by atoms with Crippen LogP contribution in [0.5, 0.6) is 0 Å². The molecule has 19 heavy (non-hydrogen) atoms. The fourth-order valence-corrected chi connectivity index (χ4v) is 2.77. The van der Waals surface area contributed by atoms with Gasteiger partial charge in [-0.25, -0.2) is 4.21 Å². The van der Waals surface area contributed by atoms with Crippen molar-refractivity contribution in [2.24, 2.45) is 0 Å². The Bertz CT molecular complexity index is 458. The minimum Gasteiger partial charge on any atom is -0.392 e.